The van der Waals surface area contributed by atoms with Gasteiger partial charge < -0.3 is 19.4 Å². The van der Waals surface area contributed by atoms with E-state index in [0.29, 0.717) is 24.5 Å². The molecule has 0 amide bonds. The lowest BCUT2D eigenvalue weighted by atomic mass is 10.0. The Bertz CT molecular complexity index is 1390. The zero-order valence-electron chi connectivity index (χ0n) is 20.8. The Morgan fingerprint density at radius 1 is 1.06 bits per heavy atom. The molecule has 1 fully saturated rings. The molecule has 0 spiro atoms. The maximum atomic E-state index is 13.4. The number of methoxy groups -OCH3 is 2. The van der Waals surface area contributed by atoms with Gasteiger partial charge in [-0.05, 0) is 52.6 Å². The van der Waals surface area contributed by atoms with Crippen LogP contribution in [0.2, 0.25) is 0 Å². The Balaban J connectivity index is 1.51. The minimum absolute atomic E-state index is 0.133. The Morgan fingerprint density at radius 3 is 2.64 bits per heavy atom. The van der Waals surface area contributed by atoms with Gasteiger partial charge in [0.1, 0.15) is 11.8 Å². The standard InChI is InChI=1S/C26H31N7O3/c1-18-8-9-19-17-20(26(34)27-21(19)16-18)24(25-28-29-30-33(25)14-15-35-2)32-12-10-31(11-13-32)22-6-4-5-7-23(22)36-3/h4-9,16-17,24H,10-15H2,1-3H3,(H,27,34)/t24-/m0/s1. The minimum atomic E-state index is -0.397. The van der Waals surface area contributed by atoms with Gasteiger partial charge >= 0.3 is 0 Å². The lowest BCUT2D eigenvalue weighted by Crippen LogP contribution is -2.49. The number of benzene rings is 2. The summed E-state index contributed by atoms with van der Waals surface area (Å²) in [7, 11) is 3.34. The van der Waals surface area contributed by atoms with E-state index in [4.69, 9.17) is 9.47 Å². The largest absolute Gasteiger partial charge is 0.495 e. The summed E-state index contributed by atoms with van der Waals surface area (Å²) in [4.78, 5) is 21.1. The fourth-order valence-corrected chi connectivity index (χ4v) is 4.89. The molecule has 1 atom stereocenters. The molecular weight excluding hydrogens is 458 g/mol. The van der Waals surface area contributed by atoms with E-state index in [1.165, 1.54) is 0 Å². The summed E-state index contributed by atoms with van der Waals surface area (Å²) in [6.07, 6.45) is 0. The zero-order valence-corrected chi connectivity index (χ0v) is 20.8. The maximum absolute atomic E-state index is 13.4. The highest BCUT2D eigenvalue weighted by molar-refractivity contribution is 5.79. The summed E-state index contributed by atoms with van der Waals surface area (Å²) < 4.78 is 12.6. The van der Waals surface area contributed by atoms with Crippen molar-refractivity contribution in [3.63, 3.8) is 0 Å². The monoisotopic (exact) mass is 489 g/mol. The van der Waals surface area contributed by atoms with Gasteiger partial charge in [-0.2, -0.15) is 0 Å². The molecule has 188 valence electrons. The second kappa shape index (κ2) is 10.5. The number of hydrogen-bond acceptors (Lipinski definition) is 8. The number of para-hydroxylation sites is 2. The molecule has 10 nitrogen and oxygen atoms in total. The predicted molar refractivity (Wildman–Crippen MR) is 138 cm³/mol. The molecule has 2 aromatic heterocycles. The number of hydrogen-bond donors (Lipinski definition) is 1. The third-order valence-corrected chi connectivity index (χ3v) is 6.74. The fourth-order valence-electron chi connectivity index (χ4n) is 4.89. The number of nitrogens with zero attached hydrogens (tertiary/aromatic N) is 6. The Hall–Kier alpha value is -3.76. The van der Waals surface area contributed by atoms with Crippen LogP contribution in [-0.4, -0.2) is 77.1 Å². The molecule has 0 unspecified atom stereocenters. The van der Waals surface area contributed by atoms with Gasteiger partial charge in [0.25, 0.3) is 5.56 Å². The summed E-state index contributed by atoms with van der Waals surface area (Å²) in [5, 5.41) is 13.5. The summed E-state index contributed by atoms with van der Waals surface area (Å²) in [5.41, 5.74) is 3.48. The topological polar surface area (TPSA) is 101 Å². The number of ether oxygens (including phenoxy) is 2. The first-order chi connectivity index (χ1) is 17.6. The first-order valence-corrected chi connectivity index (χ1v) is 12.1. The predicted octanol–water partition coefficient (Wildman–Crippen LogP) is 2.39. The number of H-pyrrole nitrogens is 1. The van der Waals surface area contributed by atoms with Crippen LogP contribution in [0.1, 0.15) is 23.0 Å². The number of aromatic nitrogens is 5. The lowest BCUT2D eigenvalue weighted by Gasteiger charge is -2.40. The maximum Gasteiger partial charge on any atom is 0.253 e. The molecule has 10 heteroatoms. The van der Waals surface area contributed by atoms with Gasteiger partial charge in [0.2, 0.25) is 0 Å². The van der Waals surface area contributed by atoms with E-state index < -0.39 is 6.04 Å². The SMILES string of the molecule is COCCn1nnnc1[C@H](c1cc2ccc(C)cc2[nH]c1=O)N1CCN(c2ccccc2OC)CC1. The fraction of sp³-hybridized carbons (Fsp3) is 0.385. The second-order valence-electron chi connectivity index (χ2n) is 8.99. The minimum Gasteiger partial charge on any atom is -0.495 e. The molecule has 0 bridgehead atoms. The van der Waals surface area contributed by atoms with E-state index in [1.807, 2.05) is 49.4 Å². The van der Waals surface area contributed by atoms with Crippen molar-refractivity contribution in [3.8, 4) is 5.75 Å². The molecule has 0 aliphatic carbocycles. The van der Waals surface area contributed by atoms with Gasteiger partial charge in [0, 0.05) is 44.4 Å². The van der Waals surface area contributed by atoms with Crippen molar-refractivity contribution in [3.05, 3.63) is 75.8 Å². The van der Waals surface area contributed by atoms with Crippen molar-refractivity contribution in [1.29, 1.82) is 0 Å². The molecule has 2 aromatic carbocycles. The van der Waals surface area contributed by atoms with Crippen LogP contribution in [0.3, 0.4) is 0 Å². The summed E-state index contributed by atoms with van der Waals surface area (Å²) in [6, 6.07) is 15.7. The molecule has 1 N–H and O–H groups in total. The van der Waals surface area contributed by atoms with Crippen molar-refractivity contribution in [1.82, 2.24) is 30.1 Å². The van der Waals surface area contributed by atoms with E-state index in [9.17, 15) is 4.79 Å². The Kier molecular flexibility index (Phi) is 6.97. The third-order valence-electron chi connectivity index (χ3n) is 6.74. The van der Waals surface area contributed by atoms with E-state index in [1.54, 1.807) is 18.9 Å². The smallest absolute Gasteiger partial charge is 0.253 e. The van der Waals surface area contributed by atoms with Crippen molar-refractivity contribution < 1.29 is 9.47 Å². The lowest BCUT2D eigenvalue weighted by molar-refractivity contribution is 0.171. The zero-order chi connectivity index (χ0) is 25.1. The number of aromatic amines is 1. The van der Waals surface area contributed by atoms with Gasteiger partial charge in [-0.15, -0.1) is 5.10 Å². The molecule has 4 aromatic rings. The number of piperazine rings is 1. The number of pyridine rings is 1. The van der Waals surface area contributed by atoms with E-state index in [0.717, 1.165) is 54.1 Å². The van der Waals surface area contributed by atoms with Crippen molar-refractivity contribution in [2.45, 2.75) is 19.5 Å². The molecule has 1 saturated heterocycles. The van der Waals surface area contributed by atoms with Crippen molar-refractivity contribution >= 4 is 16.6 Å². The first-order valence-electron chi connectivity index (χ1n) is 12.1. The molecule has 5 rings (SSSR count). The van der Waals surface area contributed by atoms with E-state index in [-0.39, 0.29) is 5.56 Å². The normalized spacial score (nSPS) is 15.4. The van der Waals surface area contributed by atoms with Crippen LogP contribution in [0.4, 0.5) is 5.69 Å². The average molecular weight is 490 g/mol. The van der Waals surface area contributed by atoms with E-state index >= 15 is 0 Å². The van der Waals surface area contributed by atoms with Gasteiger partial charge in [0.15, 0.2) is 5.82 Å². The highest BCUT2D eigenvalue weighted by Crippen LogP contribution is 2.32. The summed E-state index contributed by atoms with van der Waals surface area (Å²) in [5.74, 6) is 1.49. The van der Waals surface area contributed by atoms with Gasteiger partial charge in [-0.3, -0.25) is 9.69 Å². The number of rotatable bonds is 8. The van der Waals surface area contributed by atoms with Crippen molar-refractivity contribution in [2.75, 3.05) is 51.9 Å². The van der Waals surface area contributed by atoms with Crippen LogP contribution < -0.4 is 15.2 Å². The Morgan fingerprint density at radius 2 is 1.86 bits per heavy atom. The summed E-state index contributed by atoms with van der Waals surface area (Å²) >= 11 is 0. The molecule has 0 radical (unpaired) electrons. The average Bonchev–Trinajstić information content (AvgIpc) is 3.36. The van der Waals surface area contributed by atoms with Crippen LogP contribution in [0.15, 0.2) is 53.3 Å². The summed E-state index contributed by atoms with van der Waals surface area (Å²) in [6.45, 7) is 6.00. The van der Waals surface area contributed by atoms with Gasteiger partial charge in [-0.25, -0.2) is 4.68 Å². The Labute approximate surface area is 209 Å². The van der Waals surface area contributed by atoms with Crippen LogP contribution in [-0.2, 0) is 11.3 Å². The van der Waals surface area contributed by atoms with Crippen LogP contribution in [0, 0.1) is 6.92 Å². The molecule has 1 aliphatic rings. The number of tetrazole rings is 1. The van der Waals surface area contributed by atoms with Crippen LogP contribution >= 0.6 is 0 Å². The van der Waals surface area contributed by atoms with Crippen LogP contribution in [0.5, 0.6) is 5.75 Å². The molecule has 0 saturated carbocycles. The van der Waals surface area contributed by atoms with Crippen molar-refractivity contribution in [2.24, 2.45) is 0 Å². The number of nitrogens with one attached hydrogen (secondary N) is 1. The number of anilines is 1. The first kappa shape index (κ1) is 24.0. The molecule has 1 aliphatic heterocycles. The highest BCUT2D eigenvalue weighted by Gasteiger charge is 2.33. The quantitative estimate of drug-likeness (QED) is 0.403. The number of aryl methyl sites for hydroxylation is 1. The van der Waals surface area contributed by atoms with Gasteiger partial charge in [-0.1, -0.05) is 24.3 Å². The third kappa shape index (κ3) is 4.69. The van der Waals surface area contributed by atoms with Crippen LogP contribution in [0.25, 0.3) is 10.9 Å². The number of fused-ring (bicyclic) bond motifs is 1. The molecular formula is C26H31N7O3. The highest BCUT2D eigenvalue weighted by atomic mass is 16.5. The molecule has 3 heterocycles. The molecule has 36 heavy (non-hydrogen) atoms. The second-order valence-corrected chi connectivity index (χ2v) is 8.99. The van der Waals surface area contributed by atoms with E-state index in [2.05, 4.69) is 36.4 Å². The van der Waals surface area contributed by atoms with Gasteiger partial charge in [0.05, 0.1) is 25.9 Å².